The van der Waals surface area contributed by atoms with E-state index in [0.29, 0.717) is 41.2 Å². The largest absolute Gasteiger partial charge is 0.349 e. The summed E-state index contributed by atoms with van der Waals surface area (Å²) in [5, 5.41) is 10.7. The molecule has 4 aromatic rings. The highest BCUT2D eigenvalue weighted by Gasteiger charge is 2.24. The lowest BCUT2D eigenvalue weighted by Crippen LogP contribution is -2.44. The van der Waals surface area contributed by atoms with Crippen molar-refractivity contribution in [2.45, 2.75) is 32.4 Å². The van der Waals surface area contributed by atoms with Crippen LogP contribution in [-0.4, -0.2) is 44.5 Å². The number of carbonyl (C=O) groups excluding carboxylic acids is 1. The van der Waals surface area contributed by atoms with Crippen LogP contribution in [0.5, 0.6) is 0 Å². The van der Waals surface area contributed by atoms with E-state index in [2.05, 4.69) is 32.5 Å². The lowest BCUT2D eigenvalue weighted by molar-refractivity contribution is 0.0951. The van der Waals surface area contributed by atoms with E-state index < -0.39 is 0 Å². The van der Waals surface area contributed by atoms with Crippen molar-refractivity contribution in [1.82, 2.24) is 24.8 Å². The van der Waals surface area contributed by atoms with Crippen LogP contribution in [0.3, 0.4) is 0 Å². The van der Waals surface area contributed by atoms with E-state index in [4.69, 9.17) is 0 Å². The summed E-state index contributed by atoms with van der Waals surface area (Å²) in [5.74, 6) is 0.868. The van der Waals surface area contributed by atoms with Crippen LogP contribution in [0, 0.1) is 11.7 Å². The molecule has 7 nitrogen and oxygen atoms in total. The Morgan fingerprint density at radius 1 is 1.11 bits per heavy atom. The van der Waals surface area contributed by atoms with Crippen molar-refractivity contribution in [3.8, 4) is 11.1 Å². The van der Waals surface area contributed by atoms with Crippen LogP contribution >= 0.6 is 0 Å². The predicted octanol–water partition coefficient (Wildman–Crippen LogP) is 4.62. The molecule has 0 unspecified atom stereocenters. The van der Waals surface area contributed by atoms with Gasteiger partial charge in [0.15, 0.2) is 5.65 Å². The molecular weight excluding hydrogens is 443 g/mol. The fourth-order valence-corrected chi connectivity index (χ4v) is 4.56. The Morgan fingerprint density at radius 3 is 2.63 bits per heavy atom. The molecule has 8 heteroatoms. The standard InChI is InChI=1S/C27H27FN6O/c1-17-14-33(15-17)16-20-5-4-19(13-24(20)28)23-3-2-12-34-25(23)31-27(32-34)30-22-8-6-18(7-9-22)26(35)29-21-10-11-21/h2-9,12-13,17,21H,10-11,14-16H2,1H3,(H,29,35)(H,30,32). The number of fused-ring (bicyclic) bond motifs is 1. The quantitative estimate of drug-likeness (QED) is 0.412. The molecule has 1 saturated carbocycles. The van der Waals surface area contributed by atoms with Crippen LogP contribution in [-0.2, 0) is 6.54 Å². The molecule has 1 saturated heterocycles. The number of halogens is 1. The first-order valence-corrected chi connectivity index (χ1v) is 12.1. The number of benzene rings is 2. The Morgan fingerprint density at radius 2 is 1.91 bits per heavy atom. The van der Waals surface area contributed by atoms with Crippen molar-refractivity contribution in [3.05, 3.63) is 77.7 Å². The normalized spacial score (nSPS) is 16.3. The molecule has 0 radical (unpaired) electrons. The molecule has 6 rings (SSSR count). The molecule has 35 heavy (non-hydrogen) atoms. The zero-order valence-electron chi connectivity index (χ0n) is 19.5. The lowest BCUT2D eigenvalue weighted by Gasteiger charge is -2.37. The summed E-state index contributed by atoms with van der Waals surface area (Å²) in [6.45, 7) is 4.89. The van der Waals surface area contributed by atoms with Crippen LogP contribution in [0.1, 0.15) is 35.7 Å². The van der Waals surface area contributed by atoms with E-state index in [1.807, 2.05) is 42.6 Å². The summed E-state index contributed by atoms with van der Waals surface area (Å²) in [7, 11) is 0. The number of hydrogen-bond donors (Lipinski definition) is 2. The van der Waals surface area contributed by atoms with Crippen molar-refractivity contribution in [1.29, 1.82) is 0 Å². The average Bonchev–Trinajstić information content (AvgIpc) is 3.55. The maximum absolute atomic E-state index is 14.9. The average molecular weight is 471 g/mol. The van der Waals surface area contributed by atoms with E-state index in [9.17, 15) is 9.18 Å². The maximum atomic E-state index is 14.9. The fraction of sp³-hybridized carbons (Fsp3) is 0.296. The number of carbonyl (C=O) groups is 1. The van der Waals surface area contributed by atoms with Gasteiger partial charge in [-0.15, -0.1) is 5.10 Å². The van der Waals surface area contributed by atoms with E-state index in [-0.39, 0.29) is 11.7 Å². The monoisotopic (exact) mass is 470 g/mol. The number of nitrogens with one attached hydrogen (secondary N) is 2. The minimum atomic E-state index is -0.201. The smallest absolute Gasteiger partial charge is 0.251 e. The van der Waals surface area contributed by atoms with E-state index >= 15 is 0 Å². The van der Waals surface area contributed by atoms with Gasteiger partial charge < -0.3 is 10.6 Å². The third kappa shape index (κ3) is 4.61. The number of amides is 1. The van der Waals surface area contributed by atoms with Gasteiger partial charge in [-0.2, -0.15) is 4.98 Å². The SMILES string of the molecule is CC1CN(Cc2ccc(-c3cccn4nc(Nc5ccc(C(=O)NC6CC6)cc5)nc34)cc2F)C1. The van der Waals surface area contributed by atoms with Crippen molar-refractivity contribution < 1.29 is 9.18 Å². The van der Waals surface area contributed by atoms with Gasteiger partial charge in [-0.3, -0.25) is 9.69 Å². The Bertz CT molecular complexity index is 1390. The number of aromatic nitrogens is 3. The van der Waals surface area contributed by atoms with E-state index in [1.54, 1.807) is 22.7 Å². The van der Waals surface area contributed by atoms with Crippen LogP contribution in [0.25, 0.3) is 16.8 Å². The van der Waals surface area contributed by atoms with Gasteiger partial charge >= 0.3 is 0 Å². The van der Waals surface area contributed by atoms with E-state index in [0.717, 1.165) is 42.7 Å². The molecule has 2 N–H and O–H groups in total. The Labute approximate surface area is 203 Å². The molecule has 0 atom stereocenters. The van der Waals surface area contributed by atoms with Crippen molar-refractivity contribution in [2.75, 3.05) is 18.4 Å². The maximum Gasteiger partial charge on any atom is 0.251 e. The third-order valence-electron chi connectivity index (χ3n) is 6.58. The second kappa shape index (κ2) is 8.78. The zero-order valence-corrected chi connectivity index (χ0v) is 19.5. The minimum Gasteiger partial charge on any atom is -0.349 e. The molecule has 0 spiro atoms. The number of pyridine rings is 1. The van der Waals surface area contributed by atoms with Gasteiger partial charge in [0.05, 0.1) is 0 Å². The third-order valence-corrected chi connectivity index (χ3v) is 6.58. The molecule has 2 fully saturated rings. The summed E-state index contributed by atoms with van der Waals surface area (Å²) in [4.78, 5) is 19.1. The van der Waals surface area contributed by atoms with Gasteiger partial charge in [-0.25, -0.2) is 8.91 Å². The van der Waals surface area contributed by atoms with Crippen LogP contribution in [0.15, 0.2) is 60.8 Å². The first kappa shape index (κ1) is 21.7. The zero-order chi connectivity index (χ0) is 23.9. The highest BCUT2D eigenvalue weighted by molar-refractivity contribution is 5.95. The Balaban J connectivity index is 1.20. The summed E-state index contributed by atoms with van der Waals surface area (Å²) in [6, 6.07) is 16.8. The van der Waals surface area contributed by atoms with Gasteiger partial charge in [-0.1, -0.05) is 19.1 Å². The minimum absolute atomic E-state index is 0.0489. The number of hydrogen-bond acceptors (Lipinski definition) is 5. The van der Waals surface area contributed by atoms with Gasteiger partial charge in [0.25, 0.3) is 5.91 Å². The molecule has 0 bridgehead atoms. The molecule has 1 amide bonds. The van der Waals surface area contributed by atoms with Crippen LogP contribution < -0.4 is 10.6 Å². The molecule has 2 aromatic heterocycles. The van der Waals surface area contributed by atoms with Crippen LogP contribution in [0.2, 0.25) is 0 Å². The topological polar surface area (TPSA) is 74.6 Å². The summed E-state index contributed by atoms with van der Waals surface area (Å²) in [6.07, 6.45) is 3.93. The lowest BCUT2D eigenvalue weighted by atomic mass is 10.00. The predicted molar refractivity (Wildman–Crippen MR) is 133 cm³/mol. The molecule has 1 aliphatic heterocycles. The molecule has 1 aliphatic carbocycles. The van der Waals surface area contributed by atoms with Crippen molar-refractivity contribution in [3.63, 3.8) is 0 Å². The second-order valence-corrected chi connectivity index (χ2v) is 9.68. The van der Waals surface area contributed by atoms with Gasteiger partial charge in [-0.05, 0) is 66.8 Å². The Hall–Kier alpha value is -3.78. The first-order valence-electron chi connectivity index (χ1n) is 12.1. The van der Waals surface area contributed by atoms with E-state index in [1.165, 1.54) is 0 Å². The number of nitrogens with zero attached hydrogens (tertiary/aromatic N) is 4. The van der Waals surface area contributed by atoms with Crippen molar-refractivity contribution >= 4 is 23.2 Å². The number of anilines is 2. The Kier molecular flexibility index (Phi) is 5.45. The number of likely N-dealkylation sites (tertiary alicyclic amines) is 1. The molecule has 2 aliphatic rings. The highest BCUT2D eigenvalue weighted by Crippen LogP contribution is 2.28. The summed E-state index contributed by atoms with van der Waals surface area (Å²) in [5.41, 5.74) is 4.33. The highest BCUT2D eigenvalue weighted by atomic mass is 19.1. The number of rotatable bonds is 7. The van der Waals surface area contributed by atoms with Gasteiger partial charge in [0, 0.05) is 54.3 Å². The second-order valence-electron chi connectivity index (χ2n) is 9.68. The fourth-order valence-electron chi connectivity index (χ4n) is 4.56. The molecule has 3 heterocycles. The summed E-state index contributed by atoms with van der Waals surface area (Å²) < 4.78 is 16.6. The van der Waals surface area contributed by atoms with Gasteiger partial charge in [0.2, 0.25) is 5.95 Å². The van der Waals surface area contributed by atoms with Gasteiger partial charge in [0.1, 0.15) is 5.82 Å². The molecular formula is C27H27FN6O. The van der Waals surface area contributed by atoms with Crippen molar-refractivity contribution in [2.24, 2.45) is 5.92 Å². The molecule has 178 valence electrons. The first-order chi connectivity index (χ1) is 17.0. The molecule has 2 aromatic carbocycles. The van der Waals surface area contributed by atoms with Crippen LogP contribution in [0.4, 0.5) is 16.0 Å². The summed E-state index contributed by atoms with van der Waals surface area (Å²) >= 11 is 0.